The summed E-state index contributed by atoms with van der Waals surface area (Å²) in [5, 5.41) is 29.6. The summed E-state index contributed by atoms with van der Waals surface area (Å²) in [5.41, 5.74) is -0.565. The van der Waals surface area contributed by atoms with Crippen LogP contribution in [0.1, 0.15) is 27.2 Å². The lowest BCUT2D eigenvalue weighted by Crippen LogP contribution is -2.51. The van der Waals surface area contributed by atoms with E-state index in [2.05, 4.69) is 0 Å². The first-order valence-electron chi connectivity index (χ1n) is 11.0. The Hall–Kier alpha value is -4.25. The molecule has 190 valence electrons. The zero-order valence-corrected chi connectivity index (χ0v) is 19.6. The number of benzene rings is 2. The summed E-state index contributed by atoms with van der Waals surface area (Å²) in [6.07, 6.45) is -3.73. The molecule has 4 atom stereocenters. The molecule has 0 bridgehead atoms. The molecular weight excluding hydrogens is 476 g/mol. The zero-order valence-electron chi connectivity index (χ0n) is 19.6. The van der Waals surface area contributed by atoms with Crippen LogP contribution in [0.25, 0.3) is 22.3 Å². The third-order valence-corrected chi connectivity index (χ3v) is 5.56. The largest absolute Gasteiger partial charge is 0.508 e. The van der Waals surface area contributed by atoms with Crippen LogP contribution >= 0.6 is 0 Å². The first-order chi connectivity index (χ1) is 17.0. The molecule has 2 unspecified atom stereocenters. The topological polar surface area (TPSA) is 162 Å². The van der Waals surface area contributed by atoms with Gasteiger partial charge in [0.05, 0.1) is 6.10 Å². The van der Waals surface area contributed by atoms with Crippen LogP contribution in [0.15, 0.2) is 45.6 Å². The van der Waals surface area contributed by atoms with E-state index in [-0.39, 0.29) is 40.4 Å². The van der Waals surface area contributed by atoms with Crippen LogP contribution in [-0.2, 0) is 23.8 Å². The van der Waals surface area contributed by atoms with Crippen molar-refractivity contribution in [3.8, 4) is 34.3 Å². The number of fused-ring (bicyclic) bond motifs is 1. The highest BCUT2D eigenvalue weighted by molar-refractivity contribution is 5.88. The standard InChI is InChI=1S/C25H24O11/c1-11-18(33-12(2)26)10-20(34-13(3)27)25(32-11)36-24-22(31)21-17(30)8-16(29)9-19(21)35-23(24)14-4-6-15(28)7-5-14/h4-9,11,18,20,25,28-30H,10H2,1-3H3/t11-,18?,20+,25?/m0/s1. The fourth-order valence-electron chi connectivity index (χ4n) is 3.99. The molecule has 0 radical (unpaired) electrons. The van der Waals surface area contributed by atoms with E-state index in [1.807, 2.05) is 0 Å². The lowest BCUT2D eigenvalue weighted by molar-refractivity contribution is -0.242. The lowest BCUT2D eigenvalue weighted by Gasteiger charge is -2.38. The molecule has 1 aliphatic rings. The van der Waals surface area contributed by atoms with Gasteiger partial charge in [0.25, 0.3) is 0 Å². The molecule has 2 aromatic carbocycles. The van der Waals surface area contributed by atoms with Crippen molar-refractivity contribution >= 4 is 22.9 Å². The van der Waals surface area contributed by atoms with E-state index >= 15 is 0 Å². The van der Waals surface area contributed by atoms with Gasteiger partial charge < -0.3 is 38.7 Å². The number of carbonyl (C=O) groups excluding carboxylic acids is 2. The maximum Gasteiger partial charge on any atom is 0.303 e. The molecule has 0 amide bonds. The molecule has 36 heavy (non-hydrogen) atoms. The van der Waals surface area contributed by atoms with E-state index in [1.54, 1.807) is 6.92 Å². The summed E-state index contributed by atoms with van der Waals surface area (Å²) in [4.78, 5) is 36.7. The van der Waals surface area contributed by atoms with Gasteiger partial charge >= 0.3 is 11.9 Å². The quantitative estimate of drug-likeness (QED) is 0.442. The number of ether oxygens (including phenoxy) is 4. The number of aromatic hydroxyl groups is 3. The van der Waals surface area contributed by atoms with Gasteiger partial charge in [-0.2, -0.15) is 0 Å². The number of phenols is 3. The predicted molar refractivity (Wildman–Crippen MR) is 124 cm³/mol. The first-order valence-corrected chi connectivity index (χ1v) is 11.0. The van der Waals surface area contributed by atoms with Crippen LogP contribution in [0.3, 0.4) is 0 Å². The van der Waals surface area contributed by atoms with E-state index < -0.39 is 47.7 Å². The van der Waals surface area contributed by atoms with E-state index in [4.69, 9.17) is 23.4 Å². The fraction of sp³-hybridized carbons (Fsp3) is 0.320. The highest BCUT2D eigenvalue weighted by atomic mass is 16.7. The normalized spacial score (nSPS) is 21.6. The van der Waals surface area contributed by atoms with Gasteiger partial charge in [0.15, 0.2) is 11.9 Å². The Morgan fingerprint density at radius 3 is 2.22 bits per heavy atom. The molecule has 1 saturated heterocycles. The molecule has 3 N–H and O–H groups in total. The third-order valence-electron chi connectivity index (χ3n) is 5.56. The van der Waals surface area contributed by atoms with Crippen molar-refractivity contribution in [2.45, 2.75) is 51.8 Å². The van der Waals surface area contributed by atoms with Gasteiger partial charge in [0.2, 0.25) is 17.5 Å². The monoisotopic (exact) mass is 500 g/mol. The highest BCUT2D eigenvalue weighted by Crippen LogP contribution is 2.37. The van der Waals surface area contributed by atoms with Crippen LogP contribution < -0.4 is 10.2 Å². The van der Waals surface area contributed by atoms with Gasteiger partial charge in [0.1, 0.15) is 34.3 Å². The lowest BCUT2D eigenvalue weighted by atomic mass is 10.0. The molecule has 0 spiro atoms. The summed E-state index contributed by atoms with van der Waals surface area (Å²) in [6, 6.07) is 7.82. The molecule has 1 fully saturated rings. The Bertz CT molecular complexity index is 1360. The Morgan fingerprint density at radius 2 is 1.58 bits per heavy atom. The fourth-order valence-corrected chi connectivity index (χ4v) is 3.99. The van der Waals surface area contributed by atoms with E-state index in [0.717, 1.165) is 12.1 Å². The molecule has 3 aromatic rings. The number of carbonyl (C=O) groups is 2. The second kappa shape index (κ2) is 9.78. The van der Waals surface area contributed by atoms with Gasteiger partial charge in [0, 0.05) is 38.0 Å². The van der Waals surface area contributed by atoms with Gasteiger partial charge in [-0.25, -0.2) is 0 Å². The second-order valence-corrected chi connectivity index (χ2v) is 8.33. The van der Waals surface area contributed by atoms with E-state index in [9.17, 15) is 29.7 Å². The number of hydrogen-bond donors (Lipinski definition) is 3. The number of phenolic OH excluding ortho intramolecular Hbond substituents is 3. The molecular formula is C25H24O11. The molecule has 2 heterocycles. The second-order valence-electron chi connectivity index (χ2n) is 8.33. The highest BCUT2D eigenvalue weighted by Gasteiger charge is 2.42. The van der Waals surface area contributed by atoms with Gasteiger partial charge in [-0.15, -0.1) is 0 Å². The molecule has 1 aromatic heterocycles. The SMILES string of the molecule is CC(=O)OC1C[C@@H](OC(C)=O)C(Oc2c(-c3ccc(O)cc3)oc3cc(O)cc(O)c3c2=O)O[C@H]1C. The first kappa shape index (κ1) is 24.9. The van der Waals surface area contributed by atoms with Crippen molar-refractivity contribution < 1.29 is 48.3 Å². The van der Waals surface area contributed by atoms with Crippen molar-refractivity contribution in [1.82, 2.24) is 0 Å². The summed E-state index contributed by atoms with van der Waals surface area (Å²) >= 11 is 0. The van der Waals surface area contributed by atoms with Crippen molar-refractivity contribution in [3.63, 3.8) is 0 Å². The summed E-state index contributed by atoms with van der Waals surface area (Å²) in [5.74, 6) is -2.54. The maximum absolute atomic E-state index is 13.5. The third kappa shape index (κ3) is 5.05. The van der Waals surface area contributed by atoms with Gasteiger partial charge in [-0.1, -0.05) is 0 Å². The maximum atomic E-state index is 13.5. The Balaban J connectivity index is 1.83. The van der Waals surface area contributed by atoms with Crippen molar-refractivity contribution in [1.29, 1.82) is 0 Å². The van der Waals surface area contributed by atoms with Crippen molar-refractivity contribution in [2.24, 2.45) is 0 Å². The van der Waals surface area contributed by atoms with Gasteiger partial charge in [-0.05, 0) is 31.2 Å². The Labute approximate surface area is 204 Å². The van der Waals surface area contributed by atoms with Crippen molar-refractivity contribution in [3.05, 3.63) is 46.6 Å². The minimum absolute atomic E-state index is 0.0319. The average molecular weight is 500 g/mol. The number of esters is 2. The molecule has 0 saturated carbocycles. The summed E-state index contributed by atoms with van der Waals surface area (Å²) < 4.78 is 28.2. The predicted octanol–water partition coefficient (Wildman–Crippen LogP) is 2.95. The molecule has 11 nitrogen and oxygen atoms in total. The molecule has 4 rings (SSSR count). The minimum atomic E-state index is -1.30. The number of hydrogen-bond acceptors (Lipinski definition) is 11. The summed E-state index contributed by atoms with van der Waals surface area (Å²) in [7, 11) is 0. The molecule has 0 aliphatic carbocycles. The van der Waals surface area contributed by atoms with E-state index in [1.165, 1.54) is 38.1 Å². The summed E-state index contributed by atoms with van der Waals surface area (Å²) in [6.45, 7) is 4.06. The van der Waals surface area contributed by atoms with Crippen LogP contribution in [-0.4, -0.2) is 51.9 Å². The van der Waals surface area contributed by atoms with Crippen LogP contribution in [0.5, 0.6) is 23.0 Å². The van der Waals surface area contributed by atoms with Crippen LogP contribution in [0, 0.1) is 0 Å². The zero-order chi connectivity index (χ0) is 26.1. The number of rotatable bonds is 5. The van der Waals surface area contributed by atoms with Gasteiger partial charge in [-0.3, -0.25) is 14.4 Å². The smallest absolute Gasteiger partial charge is 0.303 e. The van der Waals surface area contributed by atoms with Crippen molar-refractivity contribution in [2.75, 3.05) is 0 Å². The Kier molecular flexibility index (Phi) is 6.75. The molecule has 11 heteroatoms. The minimum Gasteiger partial charge on any atom is -0.508 e. The van der Waals surface area contributed by atoms with Crippen LogP contribution in [0.2, 0.25) is 0 Å². The average Bonchev–Trinajstić information content (AvgIpc) is 2.77. The van der Waals surface area contributed by atoms with Crippen LogP contribution in [0.4, 0.5) is 0 Å². The Morgan fingerprint density at radius 1 is 0.944 bits per heavy atom. The molecule has 1 aliphatic heterocycles. The van der Waals surface area contributed by atoms with E-state index in [0.29, 0.717) is 5.56 Å².